The minimum atomic E-state index is -1.51. The van der Waals surface area contributed by atoms with Crippen molar-refractivity contribution < 1.29 is 19.1 Å². The smallest absolute Gasteiger partial charge is 0.320 e. The first-order valence-electron chi connectivity index (χ1n) is 8.86. The summed E-state index contributed by atoms with van der Waals surface area (Å²) < 4.78 is 7.48. The summed E-state index contributed by atoms with van der Waals surface area (Å²) in [6, 6.07) is 14.2. The lowest BCUT2D eigenvalue weighted by Gasteiger charge is -2.44. The molecule has 4 nitrogen and oxygen atoms in total. The maximum absolute atomic E-state index is 13.4. The molecule has 1 heterocycles. The van der Waals surface area contributed by atoms with Gasteiger partial charge in [-0.05, 0) is 50.6 Å². The maximum Gasteiger partial charge on any atom is 0.320 e. The van der Waals surface area contributed by atoms with Crippen LogP contribution in [-0.4, -0.2) is 17.5 Å². The van der Waals surface area contributed by atoms with Crippen LogP contribution in [-0.2, 0) is 14.3 Å². The number of hydrogen-bond donors (Lipinski definition) is 0. The van der Waals surface area contributed by atoms with Gasteiger partial charge in [0.1, 0.15) is 11.5 Å². The van der Waals surface area contributed by atoms with Crippen molar-refractivity contribution in [2.45, 2.75) is 33.3 Å². The van der Waals surface area contributed by atoms with Gasteiger partial charge >= 0.3 is 5.97 Å². The van der Waals surface area contributed by atoms with Crippen LogP contribution in [0.3, 0.4) is 0 Å². The number of halogens is 2. The van der Waals surface area contributed by atoms with E-state index in [4.69, 9.17) is 4.74 Å². The van der Waals surface area contributed by atoms with Crippen LogP contribution in [0.25, 0.3) is 0 Å². The number of Topliss-reactive ketones (excluding diaryl/α,β-unsaturated/α-hetero) is 2. The molecule has 0 radical (unpaired) electrons. The van der Waals surface area contributed by atoms with Crippen molar-refractivity contribution in [3.05, 3.63) is 68.6 Å². The highest BCUT2D eigenvalue weighted by atomic mass is 79.9. The first-order valence-corrected chi connectivity index (χ1v) is 10.4. The Morgan fingerprint density at radius 1 is 0.929 bits per heavy atom. The van der Waals surface area contributed by atoms with Crippen LogP contribution in [0.15, 0.2) is 57.5 Å². The third kappa shape index (κ3) is 3.72. The van der Waals surface area contributed by atoms with Crippen molar-refractivity contribution in [1.29, 1.82) is 0 Å². The van der Waals surface area contributed by atoms with Gasteiger partial charge in [-0.3, -0.25) is 14.4 Å². The molecule has 0 spiro atoms. The summed E-state index contributed by atoms with van der Waals surface area (Å²) in [6.07, 6.45) is -0.917. The van der Waals surface area contributed by atoms with E-state index in [1.807, 2.05) is 24.3 Å². The van der Waals surface area contributed by atoms with E-state index in [9.17, 15) is 14.4 Å². The number of carbonyl (C=O) groups is 3. The van der Waals surface area contributed by atoms with Crippen molar-refractivity contribution in [1.82, 2.24) is 0 Å². The Kier molecular flexibility index (Phi) is 5.65. The largest absolute Gasteiger partial charge is 0.456 e. The highest BCUT2D eigenvalue weighted by Crippen LogP contribution is 2.49. The molecule has 0 amide bonds. The van der Waals surface area contributed by atoms with Crippen LogP contribution in [0, 0.1) is 10.8 Å². The molecule has 1 aliphatic heterocycles. The Hall–Kier alpha value is -1.79. The molecule has 0 N–H and O–H groups in total. The molecule has 0 unspecified atom stereocenters. The van der Waals surface area contributed by atoms with E-state index in [2.05, 4.69) is 31.9 Å². The molecule has 1 aliphatic rings. The molecule has 2 atom stereocenters. The van der Waals surface area contributed by atoms with Crippen LogP contribution in [0.1, 0.15) is 49.2 Å². The van der Waals surface area contributed by atoms with Gasteiger partial charge in [-0.25, -0.2) is 0 Å². The van der Waals surface area contributed by atoms with Crippen LogP contribution in [0.2, 0.25) is 0 Å². The molecule has 2 aromatic rings. The van der Waals surface area contributed by atoms with Gasteiger partial charge in [0, 0.05) is 20.9 Å². The number of carbonyl (C=O) groups excluding carboxylic acids is 3. The average molecular weight is 508 g/mol. The van der Waals surface area contributed by atoms with Crippen molar-refractivity contribution >= 4 is 49.4 Å². The monoisotopic (exact) mass is 506 g/mol. The molecule has 0 saturated carbocycles. The van der Waals surface area contributed by atoms with Gasteiger partial charge in [-0.15, -0.1) is 0 Å². The van der Waals surface area contributed by atoms with Gasteiger partial charge < -0.3 is 4.74 Å². The molecule has 1 fully saturated rings. The minimum Gasteiger partial charge on any atom is -0.456 e. The molecule has 0 bridgehead atoms. The number of ether oxygens (including phenoxy) is 1. The second-order valence-electron chi connectivity index (χ2n) is 7.83. The van der Waals surface area contributed by atoms with Crippen molar-refractivity contribution in [2.75, 3.05) is 0 Å². The number of ketones is 2. The molecule has 0 aromatic heterocycles. The topological polar surface area (TPSA) is 60.4 Å². The fourth-order valence-corrected chi connectivity index (χ4v) is 4.17. The van der Waals surface area contributed by atoms with E-state index in [1.54, 1.807) is 38.1 Å². The third-order valence-electron chi connectivity index (χ3n) is 5.27. The van der Waals surface area contributed by atoms with Gasteiger partial charge in [-0.2, -0.15) is 0 Å². The van der Waals surface area contributed by atoms with Gasteiger partial charge in [0.25, 0.3) is 0 Å². The lowest BCUT2D eigenvalue weighted by Crippen LogP contribution is -2.54. The average Bonchev–Trinajstić information content (AvgIpc) is 2.65. The summed E-state index contributed by atoms with van der Waals surface area (Å²) in [4.78, 5) is 39.0. The van der Waals surface area contributed by atoms with E-state index >= 15 is 0 Å². The zero-order valence-electron chi connectivity index (χ0n) is 15.8. The molecule has 6 heteroatoms. The number of esters is 1. The minimum absolute atomic E-state index is 0.219. The highest BCUT2D eigenvalue weighted by Gasteiger charge is 2.58. The van der Waals surface area contributed by atoms with Crippen molar-refractivity contribution in [2.24, 2.45) is 10.8 Å². The summed E-state index contributed by atoms with van der Waals surface area (Å²) in [5.74, 6) is -1.21. The van der Waals surface area contributed by atoms with E-state index in [0.29, 0.717) is 5.56 Å². The second kappa shape index (κ2) is 7.56. The molecule has 146 valence electrons. The first-order chi connectivity index (χ1) is 13.1. The molecular weight excluding hydrogens is 488 g/mol. The van der Waals surface area contributed by atoms with E-state index in [1.165, 1.54) is 6.92 Å². The Labute approximate surface area is 180 Å². The predicted molar refractivity (Wildman–Crippen MR) is 113 cm³/mol. The SMILES string of the molecule is CC1(C)C(=O)[C@](C)(CC(=O)c2ccc(Br)cc2)C(=O)O[C@H]1c1ccc(Br)cc1. The zero-order chi connectivity index (χ0) is 20.7. The van der Waals surface area contributed by atoms with Crippen LogP contribution in [0.4, 0.5) is 0 Å². The van der Waals surface area contributed by atoms with Gasteiger partial charge in [0.05, 0.1) is 5.41 Å². The number of hydrogen-bond acceptors (Lipinski definition) is 4. The van der Waals surface area contributed by atoms with Gasteiger partial charge in [0.2, 0.25) is 0 Å². The lowest BCUT2D eigenvalue weighted by molar-refractivity contribution is -0.187. The Bertz CT molecular complexity index is 932. The molecule has 3 rings (SSSR count). The van der Waals surface area contributed by atoms with Crippen LogP contribution < -0.4 is 0 Å². The highest BCUT2D eigenvalue weighted by molar-refractivity contribution is 9.10. The molecule has 0 aliphatic carbocycles. The quantitative estimate of drug-likeness (QED) is 0.303. The first kappa shape index (κ1) is 20.9. The fraction of sp³-hybridized carbons (Fsp3) is 0.318. The molecular formula is C22H20Br2O4. The Morgan fingerprint density at radius 3 is 1.96 bits per heavy atom. The predicted octanol–water partition coefficient (Wildman–Crippen LogP) is 5.68. The Balaban J connectivity index is 1.90. The number of cyclic esters (lactones) is 1. The lowest BCUT2D eigenvalue weighted by atomic mass is 9.64. The third-order valence-corrected chi connectivity index (χ3v) is 6.33. The standard InChI is InChI=1S/C22H20Br2O4/c1-21(2)18(14-6-10-16(24)11-7-14)28-20(27)22(3,19(21)26)12-17(25)13-4-8-15(23)9-5-13/h4-11,18H,12H2,1-3H3/t18-,22-/m0/s1. The van der Waals surface area contributed by atoms with Crippen LogP contribution in [0.5, 0.6) is 0 Å². The summed E-state index contributed by atoms with van der Waals surface area (Å²) in [6.45, 7) is 5.03. The van der Waals surface area contributed by atoms with Gasteiger partial charge in [0.15, 0.2) is 11.6 Å². The Morgan fingerprint density at radius 2 is 1.43 bits per heavy atom. The van der Waals surface area contributed by atoms with Crippen molar-refractivity contribution in [3.8, 4) is 0 Å². The normalized spacial score (nSPS) is 24.0. The van der Waals surface area contributed by atoms with E-state index < -0.39 is 22.9 Å². The summed E-state index contributed by atoms with van der Waals surface area (Å²) in [5, 5.41) is 0. The number of benzene rings is 2. The van der Waals surface area contributed by atoms with Gasteiger partial charge in [-0.1, -0.05) is 56.1 Å². The molecule has 1 saturated heterocycles. The van der Waals surface area contributed by atoms with E-state index in [-0.39, 0.29) is 18.0 Å². The number of rotatable bonds is 4. The summed E-state index contributed by atoms with van der Waals surface area (Å²) in [5.41, 5.74) is -1.27. The van der Waals surface area contributed by atoms with E-state index in [0.717, 1.165) is 14.5 Å². The zero-order valence-corrected chi connectivity index (χ0v) is 19.0. The molecule has 28 heavy (non-hydrogen) atoms. The summed E-state index contributed by atoms with van der Waals surface area (Å²) >= 11 is 6.71. The van der Waals surface area contributed by atoms with Crippen molar-refractivity contribution in [3.63, 3.8) is 0 Å². The summed E-state index contributed by atoms with van der Waals surface area (Å²) in [7, 11) is 0. The molecule has 2 aromatic carbocycles. The fourth-order valence-electron chi connectivity index (χ4n) is 3.64. The van der Waals surface area contributed by atoms with Crippen LogP contribution >= 0.6 is 31.9 Å². The maximum atomic E-state index is 13.4. The second-order valence-corrected chi connectivity index (χ2v) is 9.66.